The predicted molar refractivity (Wildman–Crippen MR) is 122 cm³/mol. The molecule has 144 valence electrons. The number of hydrogen-bond acceptors (Lipinski definition) is 3. The Labute approximate surface area is 170 Å². The van der Waals surface area contributed by atoms with Crippen molar-refractivity contribution in [3.8, 4) is 5.69 Å². The molecule has 29 heavy (non-hydrogen) atoms. The second-order valence-electron chi connectivity index (χ2n) is 7.28. The van der Waals surface area contributed by atoms with E-state index in [9.17, 15) is 4.79 Å². The van der Waals surface area contributed by atoms with Crippen molar-refractivity contribution in [2.75, 3.05) is 19.0 Å². The minimum Gasteiger partial charge on any atom is -0.378 e. The lowest BCUT2D eigenvalue weighted by Crippen LogP contribution is -2.22. The molecule has 4 rings (SSSR count). The summed E-state index contributed by atoms with van der Waals surface area (Å²) >= 11 is 0. The molecule has 0 aliphatic carbocycles. The predicted octanol–water partition coefficient (Wildman–Crippen LogP) is 4.93. The molecule has 4 heteroatoms. The molecule has 1 heterocycles. The summed E-state index contributed by atoms with van der Waals surface area (Å²) < 4.78 is 1.67. The summed E-state index contributed by atoms with van der Waals surface area (Å²) in [5.41, 5.74) is 4.77. The molecular formula is C25H23N3O. The molecule has 3 aromatic carbocycles. The average Bonchev–Trinajstić information content (AvgIpc) is 2.73. The monoisotopic (exact) mass is 381 g/mol. The Hall–Kier alpha value is -3.66. The summed E-state index contributed by atoms with van der Waals surface area (Å²) in [6.07, 6.45) is 3.89. The number of para-hydroxylation sites is 1. The Bertz CT molecular complexity index is 1230. The van der Waals surface area contributed by atoms with Crippen LogP contribution in [0, 0.1) is 6.92 Å². The third-order valence-electron chi connectivity index (χ3n) is 4.93. The molecule has 4 nitrogen and oxygen atoms in total. The standard InChI is InChI=1S/C25H23N3O/c1-18-8-13-21(14-9-18)28-24(26-23-7-5-4-6-22(23)25(28)29)17-12-19-10-15-20(16-11-19)27(2)3/h4-17H,1-3H3. The van der Waals surface area contributed by atoms with Gasteiger partial charge >= 0.3 is 0 Å². The second-order valence-corrected chi connectivity index (χ2v) is 7.28. The van der Waals surface area contributed by atoms with Gasteiger partial charge in [-0.25, -0.2) is 4.98 Å². The Kier molecular flexibility index (Phi) is 5.00. The molecule has 0 radical (unpaired) electrons. The first-order valence-corrected chi connectivity index (χ1v) is 9.57. The lowest BCUT2D eigenvalue weighted by molar-refractivity contribution is 0.943. The summed E-state index contributed by atoms with van der Waals surface area (Å²) in [5, 5.41) is 0.612. The van der Waals surface area contributed by atoms with Crippen LogP contribution in [0.15, 0.2) is 77.6 Å². The molecule has 0 fully saturated rings. The van der Waals surface area contributed by atoms with Crippen LogP contribution in [-0.4, -0.2) is 23.6 Å². The van der Waals surface area contributed by atoms with Crippen LogP contribution in [0.1, 0.15) is 17.0 Å². The quantitative estimate of drug-likeness (QED) is 0.503. The van der Waals surface area contributed by atoms with Gasteiger partial charge in [0.2, 0.25) is 0 Å². The van der Waals surface area contributed by atoms with E-state index in [1.54, 1.807) is 4.57 Å². The maximum atomic E-state index is 13.2. The van der Waals surface area contributed by atoms with Crippen molar-refractivity contribution in [1.82, 2.24) is 9.55 Å². The molecule has 4 aromatic rings. The fraction of sp³-hybridized carbons (Fsp3) is 0.120. The lowest BCUT2D eigenvalue weighted by atomic mass is 10.1. The highest BCUT2D eigenvalue weighted by molar-refractivity contribution is 5.80. The number of benzene rings is 3. The van der Waals surface area contributed by atoms with E-state index in [0.29, 0.717) is 16.7 Å². The van der Waals surface area contributed by atoms with Crippen LogP contribution in [0.5, 0.6) is 0 Å². The van der Waals surface area contributed by atoms with Crippen LogP contribution in [0.25, 0.3) is 28.7 Å². The number of hydrogen-bond donors (Lipinski definition) is 0. The molecule has 0 unspecified atom stereocenters. The minimum absolute atomic E-state index is 0.0675. The second kappa shape index (κ2) is 7.76. The van der Waals surface area contributed by atoms with Gasteiger partial charge in [0.05, 0.1) is 16.6 Å². The number of aromatic nitrogens is 2. The van der Waals surface area contributed by atoms with Gasteiger partial charge in [0.25, 0.3) is 5.56 Å². The van der Waals surface area contributed by atoms with E-state index < -0.39 is 0 Å². The highest BCUT2D eigenvalue weighted by atomic mass is 16.1. The van der Waals surface area contributed by atoms with Gasteiger partial charge in [-0.3, -0.25) is 9.36 Å². The first-order chi connectivity index (χ1) is 14.0. The zero-order valence-electron chi connectivity index (χ0n) is 16.8. The molecule has 0 spiro atoms. The Morgan fingerprint density at radius 1 is 0.862 bits per heavy atom. The Morgan fingerprint density at radius 3 is 2.24 bits per heavy atom. The van der Waals surface area contributed by atoms with Crippen LogP contribution in [0.3, 0.4) is 0 Å². The molecule has 0 aliphatic rings. The van der Waals surface area contributed by atoms with Crippen molar-refractivity contribution < 1.29 is 0 Å². The van der Waals surface area contributed by atoms with Crippen molar-refractivity contribution in [3.05, 3.63) is 100 Å². The van der Waals surface area contributed by atoms with Gasteiger partial charge in [-0.15, -0.1) is 0 Å². The minimum atomic E-state index is -0.0675. The maximum absolute atomic E-state index is 13.2. The number of fused-ring (bicyclic) bond motifs is 1. The van der Waals surface area contributed by atoms with E-state index in [1.165, 1.54) is 0 Å². The smallest absolute Gasteiger partial charge is 0.266 e. The van der Waals surface area contributed by atoms with Gasteiger partial charge in [-0.1, -0.05) is 48.0 Å². The van der Waals surface area contributed by atoms with E-state index in [2.05, 4.69) is 29.2 Å². The maximum Gasteiger partial charge on any atom is 0.266 e. The average molecular weight is 381 g/mol. The van der Waals surface area contributed by atoms with Crippen LogP contribution in [0.4, 0.5) is 5.69 Å². The Balaban J connectivity index is 1.85. The summed E-state index contributed by atoms with van der Waals surface area (Å²) in [6, 6.07) is 23.6. The third-order valence-corrected chi connectivity index (χ3v) is 4.93. The zero-order valence-corrected chi connectivity index (χ0v) is 16.8. The Morgan fingerprint density at radius 2 is 1.55 bits per heavy atom. The fourth-order valence-corrected chi connectivity index (χ4v) is 3.26. The van der Waals surface area contributed by atoms with Gasteiger partial charge < -0.3 is 4.90 Å². The number of rotatable bonds is 4. The normalized spacial score (nSPS) is 11.3. The summed E-state index contributed by atoms with van der Waals surface area (Å²) in [4.78, 5) is 20.1. The first-order valence-electron chi connectivity index (χ1n) is 9.57. The molecule has 0 atom stereocenters. The van der Waals surface area contributed by atoms with Crippen LogP contribution >= 0.6 is 0 Å². The number of aryl methyl sites for hydroxylation is 1. The van der Waals surface area contributed by atoms with Gasteiger partial charge in [0, 0.05) is 19.8 Å². The van der Waals surface area contributed by atoms with E-state index in [1.807, 2.05) is 81.7 Å². The molecule has 0 amide bonds. The van der Waals surface area contributed by atoms with E-state index in [0.717, 1.165) is 22.5 Å². The summed E-state index contributed by atoms with van der Waals surface area (Å²) in [6.45, 7) is 2.03. The largest absolute Gasteiger partial charge is 0.378 e. The molecule has 0 saturated carbocycles. The van der Waals surface area contributed by atoms with Crippen LogP contribution < -0.4 is 10.5 Å². The summed E-state index contributed by atoms with van der Waals surface area (Å²) in [7, 11) is 4.04. The van der Waals surface area contributed by atoms with Gasteiger partial charge in [-0.2, -0.15) is 0 Å². The molecular weight excluding hydrogens is 358 g/mol. The highest BCUT2D eigenvalue weighted by Gasteiger charge is 2.10. The number of anilines is 1. The SMILES string of the molecule is Cc1ccc(-n2c(C=Cc3ccc(N(C)C)cc3)nc3ccccc3c2=O)cc1. The summed E-state index contributed by atoms with van der Waals surface area (Å²) in [5.74, 6) is 0.606. The van der Waals surface area contributed by atoms with Gasteiger partial charge in [0.15, 0.2) is 0 Å². The highest BCUT2D eigenvalue weighted by Crippen LogP contribution is 2.17. The van der Waals surface area contributed by atoms with Crippen molar-refractivity contribution in [2.24, 2.45) is 0 Å². The van der Waals surface area contributed by atoms with E-state index in [-0.39, 0.29) is 5.56 Å². The van der Waals surface area contributed by atoms with Gasteiger partial charge in [0.1, 0.15) is 5.82 Å². The zero-order chi connectivity index (χ0) is 20.4. The van der Waals surface area contributed by atoms with E-state index in [4.69, 9.17) is 4.98 Å². The number of nitrogens with zero attached hydrogens (tertiary/aromatic N) is 3. The molecule has 0 bridgehead atoms. The van der Waals surface area contributed by atoms with Crippen molar-refractivity contribution in [1.29, 1.82) is 0 Å². The molecule has 0 aliphatic heterocycles. The van der Waals surface area contributed by atoms with E-state index >= 15 is 0 Å². The lowest BCUT2D eigenvalue weighted by Gasteiger charge is -2.12. The van der Waals surface area contributed by atoms with Crippen LogP contribution in [-0.2, 0) is 0 Å². The molecule has 0 N–H and O–H groups in total. The molecule has 1 aromatic heterocycles. The molecule has 0 saturated heterocycles. The van der Waals surface area contributed by atoms with Gasteiger partial charge in [-0.05, 0) is 55.0 Å². The topological polar surface area (TPSA) is 38.1 Å². The third kappa shape index (κ3) is 3.83. The fourth-order valence-electron chi connectivity index (χ4n) is 3.26. The van der Waals surface area contributed by atoms with Crippen molar-refractivity contribution in [3.63, 3.8) is 0 Å². The van der Waals surface area contributed by atoms with Crippen molar-refractivity contribution >= 4 is 28.7 Å². The van der Waals surface area contributed by atoms with Crippen molar-refractivity contribution in [2.45, 2.75) is 6.92 Å². The first kappa shape index (κ1) is 18.7. The van der Waals surface area contributed by atoms with Crippen LogP contribution in [0.2, 0.25) is 0 Å².